The number of allylic oxidation sites excluding steroid dienone is 1. The molecule has 9 heavy (non-hydrogen) atoms. The van der Waals surface area contributed by atoms with E-state index in [-0.39, 0.29) is 5.92 Å². The minimum atomic E-state index is 0.215. The number of carbonyl (C=O) groups excluding carboxylic acids is 1. The molecule has 0 aromatic heterocycles. The van der Waals surface area contributed by atoms with Gasteiger partial charge in [0.15, 0.2) is 0 Å². The fourth-order valence-electron chi connectivity index (χ4n) is 0.826. The molecule has 0 spiro atoms. The molecule has 0 aliphatic carbocycles. The molecule has 0 heterocycles. The maximum absolute atomic E-state index is 10.2. The highest BCUT2D eigenvalue weighted by molar-refractivity contribution is 5.53. The van der Waals surface area contributed by atoms with Crippen LogP contribution in [0.5, 0.6) is 0 Å². The SMILES string of the molecule is C=CCC(C=O)CCC. The maximum Gasteiger partial charge on any atom is 0.123 e. The molecule has 0 amide bonds. The van der Waals surface area contributed by atoms with Crippen molar-refractivity contribution in [3.63, 3.8) is 0 Å². The van der Waals surface area contributed by atoms with Gasteiger partial charge < -0.3 is 4.79 Å². The molecule has 1 unspecified atom stereocenters. The molecule has 0 fully saturated rings. The largest absolute Gasteiger partial charge is 0.303 e. The van der Waals surface area contributed by atoms with Gasteiger partial charge in [-0.3, -0.25) is 0 Å². The van der Waals surface area contributed by atoms with Gasteiger partial charge in [-0.15, -0.1) is 6.58 Å². The summed E-state index contributed by atoms with van der Waals surface area (Å²) in [6.45, 7) is 5.65. The van der Waals surface area contributed by atoms with Gasteiger partial charge in [0.2, 0.25) is 0 Å². The monoisotopic (exact) mass is 126 g/mol. The zero-order valence-electron chi connectivity index (χ0n) is 5.97. The molecule has 0 radical (unpaired) electrons. The number of carbonyl (C=O) groups is 1. The summed E-state index contributed by atoms with van der Waals surface area (Å²) in [4.78, 5) is 10.2. The second-order valence-corrected chi connectivity index (χ2v) is 2.21. The van der Waals surface area contributed by atoms with Crippen LogP contribution in [0.3, 0.4) is 0 Å². The first kappa shape index (κ1) is 8.41. The fourth-order valence-corrected chi connectivity index (χ4v) is 0.826. The molecule has 0 aromatic carbocycles. The first-order valence-electron chi connectivity index (χ1n) is 3.41. The van der Waals surface area contributed by atoms with Crippen LogP contribution in [-0.4, -0.2) is 6.29 Å². The Balaban J connectivity index is 3.40. The van der Waals surface area contributed by atoms with E-state index in [0.717, 1.165) is 25.5 Å². The van der Waals surface area contributed by atoms with Gasteiger partial charge in [0.1, 0.15) is 6.29 Å². The average Bonchev–Trinajstić information content (AvgIpc) is 1.88. The topological polar surface area (TPSA) is 17.1 Å². The van der Waals surface area contributed by atoms with E-state index in [4.69, 9.17) is 0 Å². The third kappa shape index (κ3) is 3.95. The molecule has 0 N–H and O–H groups in total. The zero-order chi connectivity index (χ0) is 7.11. The third-order valence-corrected chi connectivity index (χ3v) is 1.32. The van der Waals surface area contributed by atoms with Crippen LogP contribution in [0.15, 0.2) is 12.7 Å². The predicted molar refractivity (Wildman–Crippen MR) is 39.3 cm³/mol. The van der Waals surface area contributed by atoms with Gasteiger partial charge in [0, 0.05) is 5.92 Å². The molecule has 52 valence electrons. The van der Waals surface area contributed by atoms with Crippen molar-refractivity contribution in [2.24, 2.45) is 5.92 Å². The Kier molecular flexibility index (Phi) is 5.18. The van der Waals surface area contributed by atoms with Crippen LogP contribution in [0.4, 0.5) is 0 Å². The number of aldehydes is 1. The summed E-state index contributed by atoms with van der Waals surface area (Å²) in [6.07, 6.45) is 5.73. The smallest absolute Gasteiger partial charge is 0.123 e. The van der Waals surface area contributed by atoms with Gasteiger partial charge in [-0.25, -0.2) is 0 Å². The highest BCUT2D eigenvalue weighted by Crippen LogP contribution is 2.07. The molecule has 1 nitrogen and oxygen atoms in total. The Bertz CT molecular complexity index is 86.6. The van der Waals surface area contributed by atoms with Gasteiger partial charge in [-0.2, -0.15) is 0 Å². The summed E-state index contributed by atoms with van der Waals surface area (Å²) in [7, 11) is 0. The lowest BCUT2D eigenvalue weighted by molar-refractivity contribution is -0.111. The van der Waals surface area contributed by atoms with E-state index in [0.29, 0.717) is 0 Å². The molecular weight excluding hydrogens is 112 g/mol. The normalized spacial score (nSPS) is 12.6. The fraction of sp³-hybridized carbons (Fsp3) is 0.625. The Morgan fingerprint density at radius 1 is 1.67 bits per heavy atom. The van der Waals surface area contributed by atoms with Crippen molar-refractivity contribution in [3.8, 4) is 0 Å². The lowest BCUT2D eigenvalue weighted by Gasteiger charge is -2.02. The van der Waals surface area contributed by atoms with Crippen LogP contribution in [-0.2, 0) is 4.79 Å². The Labute approximate surface area is 56.8 Å². The van der Waals surface area contributed by atoms with Crippen LogP contribution in [0.25, 0.3) is 0 Å². The van der Waals surface area contributed by atoms with Crippen molar-refractivity contribution in [2.75, 3.05) is 0 Å². The Morgan fingerprint density at radius 2 is 2.33 bits per heavy atom. The van der Waals surface area contributed by atoms with Gasteiger partial charge in [-0.1, -0.05) is 19.4 Å². The Hall–Kier alpha value is -0.590. The highest BCUT2D eigenvalue weighted by atomic mass is 16.1. The number of hydrogen-bond donors (Lipinski definition) is 0. The Morgan fingerprint density at radius 3 is 2.67 bits per heavy atom. The molecule has 0 rings (SSSR count). The van der Waals surface area contributed by atoms with Gasteiger partial charge >= 0.3 is 0 Å². The second-order valence-electron chi connectivity index (χ2n) is 2.21. The third-order valence-electron chi connectivity index (χ3n) is 1.32. The summed E-state index contributed by atoms with van der Waals surface area (Å²) >= 11 is 0. The lowest BCUT2D eigenvalue weighted by Crippen LogP contribution is -1.98. The average molecular weight is 126 g/mol. The minimum Gasteiger partial charge on any atom is -0.303 e. The summed E-state index contributed by atoms with van der Waals surface area (Å²) in [6, 6.07) is 0. The van der Waals surface area contributed by atoms with E-state index in [9.17, 15) is 4.79 Å². The van der Waals surface area contributed by atoms with Crippen molar-refractivity contribution in [1.82, 2.24) is 0 Å². The quantitative estimate of drug-likeness (QED) is 0.407. The predicted octanol–water partition coefficient (Wildman–Crippen LogP) is 2.18. The molecule has 0 bridgehead atoms. The van der Waals surface area contributed by atoms with Crippen LogP contribution >= 0.6 is 0 Å². The van der Waals surface area contributed by atoms with Crippen molar-refractivity contribution >= 4 is 6.29 Å². The van der Waals surface area contributed by atoms with Crippen LogP contribution in [0.2, 0.25) is 0 Å². The van der Waals surface area contributed by atoms with Crippen molar-refractivity contribution in [2.45, 2.75) is 26.2 Å². The van der Waals surface area contributed by atoms with Crippen molar-refractivity contribution in [3.05, 3.63) is 12.7 Å². The van der Waals surface area contributed by atoms with Gasteiger partial charge in [0.05, 0.1) is 0 Å². The van der Waals surface area contributed by atoms with Gasteiger partial charge in [0.25, 0.3) is 0 Å². The van der Waals surface area contributed by atoms with E-state index in [2.05, 4.69) is 13.5 Å². The second kappa shape index (κ2) is 5.54. The molecule has 0 saturated heterocycles. The van der Waals surface area contributed by atoms with Crippen LogP contribution in [0, 0.1) is 5.92 Å². The van der Waals surface area contributed by atoms with E-state index < -0.39 is 0 Å². The number of hydrogen-bond acceptors (Lipinski definition) is 1. The summed E-state index contributed by atoms with van der Waals surface area (Å²) in [5.74, 6) is 0.215. The summed E-state index contributed by atoms with van der Waals surface area (Å²) in [5, 5.41) is 0. The molecule has 0 saturated carbocycles. The molecule has 0 aliphatic heterocycles. The lowest BCUT2D eigenvalue weighted by atomic mass is 10.0. The van der Waals surface area contributed by atoms with Crippen LogP contribution in [0.1, 0.15) is 26.2 Å². The highest BCUT2D eigenvalue weighted by Gasteiger charge is 2.01. The standard InChI is InChI=1S/C8H14O/c1-3-5-8(7-9)6-4-2/h3,7-8H,1,4-6H2,2H3. The van der Waals surface area contributed by atoms with E-state index in [1.54, 1.807) is 6.08 Å². The molecule has 1 atom stereocenters. The van der Waals surface area contributed by atoms with Crippen LogP contribution < -0.4 is 0 Å². The summed E-state index contributed by atoms with van der Waals surface area (Å²) in [5.41, 5.74) is 0. The van der Waals surface area contributed by atoms with E-state index >= 15 is 0 Å². The summed E-state index contributed by atoms with van der Waals surface area (Å²) < 4.78 is 0. The van der Waals surface area contributed by atoms with Gasteiger partial charge in [-0.05, 0) is 12.8 Å². The molecular formula is C8H14O. The molecule has 0 aliphatic rings. The minimum absolute atomic E-state index is 0.215. The molecule has 1 heteroatoms. The van der Waals surface area contributed by atoms with E-state index in [1.165, 1.54) is 0 Å². The molecule has 0 aromatic rings. The number of rotatable bonds is 5. The first-order chi connectivity index (χ1) is 4.35. The zero-order valence-corrected chi connectivity index (χ0v) is 5.97. The van der Waals surface area contributed by atoms with Crippen molar-refractivity contribution in [1.29, 1.82) is 0 Å². The van der Waals surface area contributed by atoms with Crippen molar-refractivity contribution < 1.29 is 4.79 Å². The maximum atomic E-state index is 10.2. The van der Waals surface area contributed by atoms with E-state index in [1.807, 2.05) is 0 Å². The first-order valence-corrected chi connectivity index (χ1v) is 3.41.